The summed E-state index contributed by atoms with van der Waals surface area (Å²) in [4.78, 5) is 17.7. The van der Waals surface area contributed by atoms with Crippen molar-refractivity contribution in [2.75, 3.05) is 5.32 Å². The van der Waals surface area contributed by atoms with Crippen molar-refractivity contribution in [3.8, 4) is 28.7 Å². The quantitative estimate of drug-likeness (QED) is 0.458. The largest absolute Gasteiger partial charge is 0.508 e. The van der Waals surface area contributed by atoms with Gasteiger partial charge in [0.05, 0.1) is 23.0 Å². The summed E-state index contributed by atoms with van der Waals surface area (Å²) in [5.74, 6) is 0.258. The highest BCUT2D eigenvalue weighted by Gasteiger charge is 2.18. The molecule has 2 N–H and O–H groups in total. The first-order valence-corrected chi connectivity index (χ1v) is 9.05. The molecule has 0 spiro atoms. The van der Waals surface area contributed by atoms with Crippen molar-refractivity contribution in [2.45, 2.75) is 0 Å². The van der Waals surface area contributed by atoms with Gasteiger partial charge in [-0.05, 0) is 36.4 Å². The van der Waals surface area contributed by atoms with Gasteiger partial charge < -0.3 is 13.9 Å². The lowest BCUT2D eigenvalue weighted by Gasteiger charge is -2.09. The number of carbonyl (C=O) groups is 1. The van der Waals surface area contributed by atoms with Gasteiger partial charge >= 0.3 is 6.01 Å². The number of amides is 1. The normalized spacial score (nSPS) is 10.9. The number of fused-ring (bicyclic) bond motifs is 1. The van der Waals surface area contributed by atoms with E-state index in [0.717, 1.165) is 0 Å². The van der Waals surface area contributed by atoms with Gasteiger partial charge in [0.2, 0.25) is 0 Å². The van der Waals surface area contributed by atoms with Crippen molar-refractivity contribution in [1.82, 2.24) is 15.2 Å². The second-order valence-corrected chi connectivity index (χ2v) is 6.47. The van der Waals surface area contributed by atoms with Crippen molar-refractivity contribution in [3.05, 3.63) is 78.6 Å². The zero-order chi connectivity index (χ0) is 20.5. The Morgan fingerprint density at radius 1 is 0.967 bits per heavy atom. The average Bonchev–Trinajstić information content (AvgIpc) is 3.45. The molecule has 0 fully saturated rings. The minimum atomic E-state index is -0.426. The maximum atomic E-state index is 13.0. The van der Waals surface area contributed by atoms with Crippen molar-refractivity contribution in [3.63, 3.8) is 0 Å². The topological polar surface area (TPSA) is 114 Å². The number of nitrogens with zero attached hydrogens (tertiary/aromatic N) is 3. The van der Waals surface area contributed by atoms with E-state index in [1.807, 2.05) is 30.3 Å². The molecule has 0 aliphatic carbocycles. The van der Waals surface area contributed by atoms with Crippen LogP contribution < -0.4 is 5.32 Å². The molecule has 5 rings (SSSR count). The van der Waals surface area contributed by atoms with E-state index in [2.05, 4.69) is 20.5 Å². The summed E-state index contributed by atoms with van der Waals surface area (Å²) < 4.78 is 10.7. The first-order chi connectivity index (χ1) is 14.7. The fraction of sp³-hybridized carbons (Fsp3) is 0. The van der Waals surface area contributed by atoms with Crippen LogP contribution in [0.5, 0.6) is 5.75 Å². The Kier molecular flexibility index (Phi) is 4.21. The number of benzene rings is 2. The molecule has 0 saturated carbocycles. The molecule has 0 radical (unpaired) electrons. The van der Waals surface area contributed by atoms with Crippen molar-refractivity contribution >= 4 is 22.8 Å². The molecule has 2 aromatic carbocycles. The zero-order valence-corrected chi connectivity index (χ0v) is 15.4. The van der Waals surface area contributed by atoms with Gasteiger partial charge in [-0.3, -0.25) is 10.1 Å². The van der Waals surface area contributed by atoms with Gasteiger partial charge in [-0.15, -0.1) is 5.10 Å². The fourth-order valence-corrected chi connectivity index (χ4v) is 3.11. The lowest BCUT2D eigenvalue weighted by atomic mass is 10.0. The summed E-state index contributed by atoms with van der Waals surface area (Å²) in [6.45, 7) is 0. The SMILES string of the molecule is O=C(Nc1nnc(-c2ccco2)o1)c1cc(-c2cccc(O)c2)nc2ccccc12. The number of phenols is 1. The van der Waals surface area contributed by atoms with E-state index in [-0.39, 0.29) is 17.7 Å². The molecule has 0 bridgehead atoms. The molecule has 1 amide bonds. The van der Waals surface area contributed by atoms with Crippen molar-refractivity contribution in [2.24, 2.45) is 0 Å². The number of pyridine rings is 1. The lowest BCUT2D eigenvalue weighted by molar-refractivity contribution is 0.102. The molecular formula is C22H14N4O4. The van der Waals surface area contributed by atoms with Gasteiger partial charge in [-0.2, -0.15) is 0 Å². The lowest BCUT2D eigenvalue weighted by Crippen LogP contribution is -2.13. The number of furan rings is 1. The maximum Gasteiger partial charge on any atom is 0.322 e. The third-order valence-electron chi connectivity index (χ3n) is 4.48. The minimum Gasteiger partial charge on any atom is -0.508 e. The van der Waals surface area contributed by atoms with Gasteiger partial charge in [0.1, 0.15) is 5.75 Å². The van der Waals surface area contributed by atoms with E-state index in [0.29, 0.717) is 33.5 Å². The number of nitrogens with one attached hydrogen (secondary N) is 1. The average molecular weight is 398 g/mol. The summed E-state index contributed by atoms with van der Waals surface area (Å²) in [5, 5.41) is 20.8. The van der Waals surface area contributed by atoms with Gasteiger partial charge in [-0.1, -0.05) is 35.4 Å². The number of aromatic nitrogens is 3. The van der Waals surface area contributed by atoms with Crippen molar-refractivity contribution < 1.29 is 18.7 Å². The molecule has 3 aromatic heterocycles. The highest BCUT2D eigenvalue weighted by atomic mass is 16.4. The minimum absolute atomic E-state index is 0.0498. The van der Waals surface area contributed by atoms with Crippen LogP contribution in [0.4, 0.5) is 6.01 Å². The smallest absolute Gasteiger partial charge is 0.322 e. The third-order valence-corrected chi connectivity index (χ3v) is 4.48. The molecular weight excluding hydrogens is 384 g/mol. The molecule has 146 valence electrons. The Labute approximate surface area is 169 Å². The zero-order valence-electron chi connectivity index (χ0n) is 15.4. The second-order valence-electron chi connectivity index (χ2n) is 6.47. The van der Waals surface area contributed by atoms with Crippen molar-refractivity contribution in [1.29, 1.82) is 0 Å². The van der Waals surface area contributed by atoms with Crippen LogP contribution in [0.3, 0.4) is 0 Å². The summed E-state index contributed by atoms with van der Waals surface area (Å²) in [6, 6.07) is 19.0. The predicted molar refractivity (Wildman–Crippen MR) is 109 cm³/mol. The Balaban J connectivity index is 1.53. The number of rotatable bonds is 4. The van der Waals surface area contributed by atoms with Gasteiger partial charge in [0.25, 0.3) is 11.8 Å². The van der Waals surface area contributed by atoms with Gasteiger partial charge in [-0.25, -0.2) is 4.98 Å². The number of hydrogen-bond acceptors (Lipinski definition) is 7. The molecule has 8 nitrogen and oxygen atoms in total. The molecule has 0 aliphatic heterocycles. The molecule has 30 heavy (non-hydrogen) atoms. The number of carbonyl (C=O) groups excluding carboxylic acids is 1. The Bertz CT molecular complexity index is 1360. The predicted octanol–water partition coefficient (Wildman–Crippen LogP) is 4.50. The number of para-hydroxylation sites is 1. The van der Waals surface area contributed by atoms with Gasteiger partial charge in [0, 0.05) is 10.9 Å². The number of aromatic hydroxyl groups is 1. The highest BCUT2D eigenvalue weighted by Crippen LogP contribution is 2.28. The first kappa shape index (κ1) is 17.6. The Hall–Kier alpha value is -4.46. The van der Waals surface area contributed by atoms with E-state index in [1.54, 1.807) is 36.4 Å². The van der Waals surface area contributed by atoms with Crippen LogP contribution in [0.15, 0.2) is 81.8 Å². The van der Waals surface area contributed by atoms with E-state index in [4.69, 9.17) is 8.83 Å². The molecule has 0 unspecified atom stereocenters. The van der Waals surface area contributed by atoms with E-state index >= 15 is 0 Å². The van der Waals surface area contributed by atoms with Crippen LogP contribution in [-0.4, -0.2) is 26.2 Å². The summed E-state index contributed by atoms with van der Waals surface area (Å²) in [6.07, 6.45) is 1.49. The number of hydrogen-bond donors (Lipinski definition) is 2. The fourth-order valence-electron chi connectivity index (χ4n) is 3.11. The van der Waals surface area contributed by atoms with Crippen LogP contribution in [0, 0.1) is 0 Å². The van der Waals surface area contributed by atoms with Crippen LogP contribution in [0.25, 0.3) is 33.8 Å². The molecule has 0 atom stereocenters. The summed E-state index contributed by atoms with van der Waals surface area (Å²) >= 11 is 0. The van der Waals surface area contributed by atoms with E-state index in [9.17, 15) is 9.90 Å². The first-order valence-electron chi connectivity index (χ1n) is 9.05. The van der Waals surface area contributed by atoms with Crippen LogP contribution in [0.2, 0.25) is 0 Å². The van der Waals surface area contributed by atoms with Crippen LogP contribution in [-0.2, 0) is 0 Å². The van der Waals surface area contributed by atoms with Crippen LogP contribution in [0.1, 0.15) is 10.4 Å². The Morgan fingerprint density at radius 3 is 2.70 bits per heavy atom. The van der Waals surface area contributed by atoms with Gasteiger partial charge in [0.15, 0.2) is 5.76 Å². The second kappa shape index (κ2) is 7.17. The molecule has 5 aromatic rings. The molecule has 0 aliphatic rings. The molecule has 0 saturated heterocycles. The summed E-state index contributed by atoms with van der Waals surface area (Å²) in [5.41, 5.74) is 2.27. The van der Waals surface area contributed by atoms with E-state index in [1.165, 1.54) is 6.26 Å². The molecule has 8 heteroatoms. The highest BCUT2D eigenvalue weighted by molar-refractivity contribution is 6.12. The number of anilines is 1. The van der Waals surface area contributed by atoms with Crippen LogP contribution >= 0.6 is 0 Å². The standard InChI is InChI=1S/C22H14N4O4/c27-14-6-3-5-13(11-14)18-12-16(15-7-1-2-8-17(15)23-18)20(28)24-22-26-25-21(30-22)19-9-4-10-29-19/h1-12,27H,(H,24,26,28). The monoisotopic (exact) mass is 398 g/mol. The Morgan fingerprint density at radius 2 is 1.87 bits per heavy atom. The van der Waals surface area contributed by atoms with E-state index < -0.39 is 5.91 Å². The maximum absolute atomic E-state index is 13.0. The third kappa shape index (κ3) is 3.26. The summed E-state index contributed by atoms with van der Waals surface area (Å²) in [7, 11) is 0. The number of phenolic OH excluding ortho intramolecular Hbond substituents is 1. The molecule has 3 heterocycles.